The molecule has 19 heavy (non-hydrogen) atoms. The molecule has 2 fully saturated rings. The fraction of sp³-hybridized carbons (Fsp3) is 0.833. The van der Waals surface area contributed by atoms with Crippen molar-refractivity contribution in [1.82, 2.24) is 15.0 Å². The number of rotatable bonds is 2. The van der Waals surface area contributed by atoms with Crippen LogP contribution in [0.15, 0.2) is 4.52 Å². The van der Waals surface area contributed by atoms with Gasteiger partial charge in [0, 0.05) is 32.2 Å². The molecule has 106 valence electrons. The maximum absolute atomic E-state index is 6.08. The van der Waals surface area contributed by atoms with Gasteiger partial charge in [-0.05, 0) is 19.1 Å². The highest BCUT2D eigenvalue weighted by Crippen LogP contribution is 2.31. The molecule has 1 aromatic rings. The van der Waals surface area contributed by atoms with Gasteiger partial charge in [0.2, 0.25) is 5.89 Å². The first-order chi connectivity index (χ1) is 9.09. The minimum absolute atomic E-state index is 0.0895. The van der Waals surface area contributed by atoms with Crippen LogP contribution in [-0.2, 0) is 10.2 Å². The Balaban J connectivity index is 1.76. The molecule has 7 heteroatoms. The molecule has 2 saturated heterocycles. The summed E-state index contributed by atoms with van der Waals surface area (Å²) in [7, 11) is 2.12. The van der Waals surface area contributed by atoms with Gasteiger partial charge in [-0.1, -0.05) is 0 Å². The molecule has 2 N–H and O–H groups in total. The second-order valence-electron chi connectivity index (χ2n) is 5.73. The minimum Gasteiger partial charge on any atom is -0.379 e. The van der Waals surface area contributed by atoms with E-state index >= 15 is 0 Å². The van der Waals surface area contributed by atoms with Crippen LogP contribution in [0.5, 0.6) is 0 Å². The van der Waals surface area contributed by atoms with Crippen molar-refractivity contribution in [3.05, 3.63) is 5.89 Å². The topological polar surface area (TPSA) is 80.7 Å². The van der Waals surface area contributed by atoms with Crippen molar-refractivity contribution in [1.29, 1.82) is 0 Å². The van der Waals surface area contributed by atoms with E-state index < -0.39 is 0 Å². The van der Waals surface area contributed by atoms with Gasteiger partial charge in [0.25, 0.3) is 5.95 Å². The fourth-order valence-electron chi connectivity index (χ4n) is 2.49. The van der Waals surface area contributed by atoms with E-state index in [1.807, 2.05) is 6.92 Å². The predicted octanol–water partition coefficient (Wildman–Crippen LogP) is -0.563. The maximum atomic E-state index is 6.08. The third kappa shape index (κ3) is 2.22. The van der Waals surface area contributed by atoms with E-state index in [1.54, 1.807) is 0 Å². The smallest absolute Gasteiger partial charge is 0.266 e. The summed E-state index contributed by atoms with van der Waals surface area (Å²) in [5.41, 5.74) is 5.71. The van der Waals surface area contributed by atoms with E-state index in [0.29, 0.717) is 25.1 Å². The summed E-state index contributed by atoms with van der Waals surface area (Å²) in [5.74, 6) is 1.26. The van der Waals surface area contributed by atoms with E-state index in [2.05, 4.69) is 27.0 Å². The van der Waals surface area contributed by atoms with Crippen LogP contribution in [0.1, 0.15) is 12.8 Å². The van der Waals surface area contributed by atoms with Crippen LogP contribution in [0, 0.1) is 0 Å². The molecule has 0 spiro atoms. The molecule has 0 saturated carbocycles. The van der Waals surface area contributed by atoms with Gasteiger partial charge < -0.3 is 24.8 Å². The Hall–Kier alpha value is -1.18. The standard InChI is InChI=1S/C12H21N5O2/c1-12(8-18-7-9(12)13)10-14-11(15-19-10)17-5-3-16(2)4-6-17/h9H,3-8,13H2,1-2H3. The number of aromatic nitrogens is 2. The highest BCUT2D eigenvalue weighted by molar-refractivity contribution is 5.30. The van der Waals surface area contributed by atoms with Gasteiger partial charge in [-0.15, -0.1) is 0 Å². The summed E-state index contributed by atoms with van der Waals surface area (Å²) < 4.78 is 10.8. The van der Waals surface area contributed by atoms with Crippen molar-refractivity contribution in [2.24, 2.45) is 5.73 Å². The van der Waals surface area contributed by atoms with Crippen molar-refractivity contribution in [3.63, 3.8) is 0 Å². The van der Waals surface area contributed by atoms with Crippen LogP contribution < -0.4 is 10.6 Å². The Kier molecular flexibility index (Phi) is 3.20. The maximum Gasteiger partial charge on any atom is 0.266 e. The minimum atomic E-state index is -0.363. The molecular formula is C12H21N5O2. The Morgan fingerprint density at radius 2 is 2.05 bits per heavy atom. The van der Waals surface area contributed by atoms with Crippen molar-refractivity contribution in [2.45, 2.75) is 18.4 Å². The number of nitrogens with two attached hydrogens (primary N) is 1. The molecule has 0 radical (unpaired) electrons. The first kappa shape index (κ1) is 12.8. The molecule has 2 unspecified atom stereocenters. The predicted molar refractivity (Wildman–Crippen MR) is 70.2 cm³/mol. The summed E-state index contributed by atoms with van der Waals surface area (Å²) in [6.07, 6.45) is 0. The van der Waals surface area contributed by atoms with Gasteiger partial charge in [0.1, 0.15) is 0 Å². The Labute approximate surface area is 112 Å². The third-order valence-corrected chi connectivity index (χ3v) is 4.21. The zero-order valence-corrected chi connectivity index (χ0v) is 11.5. The van der Waals surface area contributed by atoms with Gasteiger partial charge in [-0.2, -0.15) is 4.98 Å². The number of likely N-dealkylation sites (N-methyl/N-ethyl adjacent to an activating group) is 1. The molecule has 0 aromatic carbocycles. The molecule has 2 atom stereocenters. The normalized spacial score (nSPS) is 33.0. The zero-order chi connectivity index (χ0) is 13.5. The molecule has 0 aliphatic carbocycles. The highest BCUT2D eigenvalue weighted by Gasteiger charge is 2.44. The molecule has 0 amide bonds. The average molecular weight is 267 g/mol. The van der Waals surface area contributed by atoms with Crippen LogP contribution in [0.4, 0.5) is 5.95 Å². The van der Waals surface area contributed by atoms with E-state index in [4.69, 9.17) is 15.0 Å². The molecule has 2 aliphatic rings. The lowest BCUT2D eigenvalue weighted by Gasteiger charge is -2.31. The molecule has 3 heterocycles. The second-order valence-corrected chi connectivity index (χ2v) is 5.73. The first-order valence-electron chi connectivity index (χ1n) is 6.70. The lowest BCUT2D eigenvalue weighted by atomic mass is 9.86. The molecule has 3 rings (SSSR count). The third-order valence-electron chi connectivity index (χ3n) is 4.21. The quantitative estimate of drug-likeness (QED) is 0.769. The average Bonchev–Trinajstić information content (AvgIpc) is 3.00. The van der Waals surface area contributed by atoms with Crippen molar-refractivity contribution < 1.29 is 9.26 Å². The van der Waals surface area contributed by atoms with Crippen molar-refractivity contribution >= 4 is 5.95 Å². The van der Waals surface area contributed by atoms with Crippen LogP contribution >= 0.6 is 0 Å². The molecule has 7 nitrogen and oxygen atoms in total. The van der Waals surface area contributed by atoms with Gasteiger partial charge in [-0.25, -0.2) is 0 Å². The highest BCUT2D eigenvalue weighted by atomic mass is 16.5. The fourth-order valence-corrected chi connectivity index (χ4v) is 2.49. The van der Waals surface area contributed by atoms with Gasteiger partial charge >= 0.3 is 0 Å². The number of piperazine rings is 1. The number of ether oxygens (including phenoxy) is 1. The van der Waals surface area contributed by atoms with Crippen molar-refractivity contribution in [3.8, 4) is 0 Å². The summed E-state index contributed by atoms with van der Waals surface area (Å²) in [5, 5.41) is 4.10. The van der Waals surface area contributed by atoms with Crippen LogP contribution in [0.2, 0.25) is 0 Å². The number of hydrogen-bond acceptors (Lipinski definition) is 7. The SMILES string of the molecule is CN1CCN(c2noc(C3(C)COCC3N)n2)CC1. The van der Waals surface area contributed by atoms with Crippen LogP contribution in [-0.4, -0.2) is 67.5 Å². The molecule has 1 aromatic heterocycles. The van der Waals surface area contributed by atoms with Crippen molar-refractivity contribution in [2.75, 3.05) is 51.3 Å². The first-order valence-corrected chi connectivity index (χ1v) is 6.70. The summed E-state index contributed by atoms with van der Waals surface area (Å²) in [6, 6.07) is -0.0895. The molecule has 0 bridgehead atoms. The lowest BCUT2D eigenvalue weighted by Crippen LogP contribution is -2.45. The number of hydrogen-bond donors (Lipinski definition) is 1. The van der Waals surface area contributed by atoms with E-state index in [-0.39, 0.29) is 11.5 Å². The number of anilines is 1. The van der Waals surface area contributed by atoms with Gasteiger partial charge in [-0.3, -0.25) is 0 Å². The Morgan fingerprint density at radius 3 is 2.68 bits per heavy atom. The van der Waals surface area contributed by atoms with E-state index in [1.165, 1.54) is 0 Å². The Morgan fingerprint density at radius 1 is 1.32 bits per heavy atom. The molecular weight excluding hydrogens is 246 g/mol. The van der Waals surface area contributed by atoms with E-state index in [9.17, 15) is 0 Å². The van der Waals surface area contributed by atoms with Gasteiger partial charge in [0.05, 0.1) is 18.6 Å². The lowest BCUT2D eigenvalue weighted by molar-refractivity contribution is 0.169. The Bertz CT molecular complexity index is 443. The summed E-state index contributed by atoms with van der Waals surface area (Å²) >= 11 is 0. The molecule has 2 aliphatic heterocycles. The summed E-state index contributed by atoms with van der Waals surface area (Å²) in [6.45, 7) is 6.99. The number of nitrogens with zero attached hydrogens (tertiary/aromatic N) is 4. The van der Waals surface area contributed by atoms with Crippen LogP contribution in [0.25, 0.3) is 0 Å². The summed E-state index contributed by atoms with van der Waals surface area (Å²) in [4.78, 5) is 8.97. The van der Waals surface area contributed by atoms with E-state index in [0.717, 1.165) is 26.2 Å². The zero-order valence-electron chi connectivity index (χ0n) is 11.5. The largest absolute Gasteiger partial charge is 0.379 e. The van der Waals surface area contributed by atoms with Gasteiger partial charge in [0.15, 0.2) is 0 Å². The second kappa shape index (κ2) is 4.73. The van der Waals surface area contributed by atoms with Crippen LogP contribution in [0.3, 0.4) is 0 Å². The monoisotopic (exact) mass is 267 g/mol.